The van der Waals surface area contributed by atoms with Gasteiger partial charge in [-0.05, 0) is 5.56 Å². The van der Waals surface area contributed by atoms with Crippen LogP contribution in [-0.2, 0) is 20.1 Å². The zero-order chi connectivity index (χ0) is 13.7. The standard InChI is InChI=1S/C13H13NO3S2/c1-17-12(16)10-7-11(15)14-13(19-10)18-8-9-5-3-2-4-6-9/h2-7,13H,8H2,1H3,(H,14,15). The number of thioether (sulfide) groups is 2. The van der Waals surface area contributed by atoms with Crippen molar-refractivity contribution >= 4 is 35.4 Å². The second kappa shape index (κ2) is 6.68. The predicted octanol–water partition coefficient (Wildman–Crippen LogP) is 2.12. The highest BCUT2D eigenvalue weighted by Gasteiger charge is 2.25. The molecule has 0 spiro atoms. The van der Waals surface area contributed by atoms with Gasteiger partial charge in [-0.2, -0.15) is 0 Å². The maximum Gasteiger partial charge on any atom is 0.344 e. The third-order valence-corrected chi connectivity index (χ3v) is 4.87. The Morgan fingerprint density at radius 1 is 1.42 bits per heavy atom. The van der Waals surface area contributed by atoms with Crippen LogP contribution in [0.4, 0.5) is 0 Å². The fourth-order valence-electron chi connectivity index (χ4n) is 1.49. The lowest BCUT2D eigenvalue weighted by atomic mass is 10.2. The van der Waals surface area contributed by atoms with Gasteiger partial charge in [0.1, 0.15) is 9.61 Å². The molecule has 0 radical (unpaired) electrons. The van der Waals surface area contributed by atoms with Crippen molar-refractivity contribution < 1.29 is 14.3 Å². The molecule has 0 fully saturated rings. The van der Waals surface area contributed by atoms with E-state index >= 15 is 0 Å². The van der Waals surface area contributed by atoms with Crippen molar-refractivity contribution in [2.75, 3.05) is 7.11 Å². The molecular weight excluding hydrogens is 282 g/mol. The molecule has 6 heteroatoms. The Hall–Kier alpha value is -1.40. The normalized spacial score (nSPS) is 18.5. The summed E-state index contributed by atoms with van der Waals surface area (Å²) >= 11 is 2.87. The first-order valence-corrected chi connectivity index (χ1v) is 7.54. The van der Waals surface area contributed by atoms with Crippen LogP contribution in [0.25, 0.3) is 0 Å². The molecule has 0 saturated carbocycles. The summed E-state index contributed by atoms with van der Waals surface area (Å²) in [6.45, 7) is 0. The Labute approximate surface area is 120 Å². The molecule has 1 unspecified atom stereocenters. The monoisotopic (exact) mass is 295 g/mol. The van der Waals surface area contributed by atoms with Crippen molar-refractivity contribution in [2.24, 2.45) is 0 Å². The molecule has 0 saturated heterocycles. The van der Waals surface area contributed by atoms with E-state index in [1.165, 1.54) is 30.5 Å². The van der Waals surface area contributed by atoms with E-state index in [-0.39, 0.29) is 10.6 Å². The summed E-state index contributed by atoms with van der Waals surface area (Å²) in [5, 5.41) is 2.80. The summed E-state index contributed by atoms with van der Waals surface area (Å²) in [6.07, 6.45) is 1.27. The first-order valence-electron chi connectivity index (χ1n) is 5.62. The molecule has 100 valence electrons. The van der Waals surface area contributed by atoms with E-state index in [4.69, 9.17) is 0 Å². The Bertz CT molecular complexity index is 502. The Kier molecular flexibility index (Phi) is 4.93. The smallest absolute Gasteiger partial charge is 0.344 e. The fraction of sp³-hybridized carbons (Fsp3) is 0.231. The molecule has 4 nitrogen and oxygen atoms in total. The zero-order valence-electron chi connectivity index (χ0n) is 10.3. The van der Waals surface area contributed by atoms with Gasteiger partial charge in [0.05, 0.1) is 7.11 Å². The fourth-order valence-corrected chi connectivity index (χ4v) is 3.77. The summed E-state index contributed by atoms with van der Waals surface area (Å²) in [5.41, 5.74) is 1.18. The second-order valence-electron chi connectivity index (χ2n) is 3.76. The Balaban J connectivity index is 1.94. The minimum atomic E-state index is -0.467. The van der Waals surface area contributed by atoms with Gasteiger partial charge in [0.15, 0.2) is 0 Å². The Morgan fingerprint density at radius 2 is 2.16 bits per heavy atom. The van der Waals surface area contributed by atoms with Gasteiger partial charge in [0.25, 0.3) is 0 Å². The lowest BCUT2D eigenvalue weighted by Crippen LogP contribution is -2.33. The number of benzene rings is 1. The highest BCUT2D eigenvalue weighted by atomic mass is 32.2. The average Bonchev–Trinajstić information content (AvgIpc) is 2.45. The first kappa shape index (κ1) is 14.0. The van der Waals surface area contributed by atoms with Crippen LogP contribution in [0.3, 0.4) is 0 Å². The molecule has 1 aromatic carbocycles. The van der Waals surface area contributed by atoms with Crippen LogP contribution in [0.15, 0.2) is 41.3 Å². The third kappa shape index (κ3) is 4.04. The lowest BCUT2D eigenvalue weighted by Gasteiger charge is -2.21. The van der Waals surface area contributed by atoms with Gasteiger partial charge in [-0.15, -0.1) is 11.8 Å². The topological polar surface area (TPSA) is 55.4 Å². The molecule has 1 aliphatic heterocycles. The average molecular weight is 295 g/mol. The molecule has 0 aliphatic carbocycles. The molecule has 1 heterocycles. The number of rotatable bonds is 4. The molecule has 2 rings (SSSR count). The highest BCUT2D eigenvalue weighted by Crippen LogP contribution is 2.33. The largest absolute Gasteiger partial charge is 0.465 e. The third-order valence-electron chi connectivity index (χ3n) is 2.39. The van der Waals surface area contributed by atoms with Crippen LogP contribution in [0.1, 0.15) is 5.56 Å². The lowest BCUT2D eigenvalue weighted by molar-refractivity contribution is -0.135. The number of ether oxygens (including phenoxy) is 1. The predicted molar refractivity (Wildman–Crippen MR) is 77.4 cm³/mol. The first-order chi connectivity index (χ1) is 9.19. The SMILES string of the molecule is COC(=O)C1=CC(=O)NC(SCc2ccccc2)S1. The number of carbonyl (C=O) groups excluding carboxylic acids is 2. The van der Waals surface area contributed by atoms with E-state index in [0.29, 0.717) is 4.91 Å². The van der Waals surface area contributed by atoms with Crippen molar-refractivity contribution in [3.63, 3.8) is 0 Å². The van der Waals surface area contributed by atoms with Gasteiger partial charge >= 0.3 is 5.97 Å². The second-order valence-corrected chi connectivity index (χ2v) is 6.29. The van der Waals surface area contributed by atoms with Crippen molar-refractivity contribution in [1.82, 2.24) is 5.32 Å². The summed E-state index contributed by atoms with van der Waals surface area (Å²) in [7, 11) is 1.31. The van der Waals surface area contributed by atoms with Gasteiger partial charge in [-0.25, -0.2) is 4.79 Å². The summed E-state index contributed by atoms with van der Waals surface area (Å²) in [6, 6.07) is 9.96. The molecule has 1 aliphatic rings. The van der Waals surface area contributed by atoms with E-state index in [1.54, 1.807) is 11.8 Å². The molecule has 1 aromatic rings. The number of hydrogen-bond acceptors (Lipinski definition) is 5. The van der Waals surface area contributed by atoms with E-state index in [0.717, 1.165) is 5.75 Å². The van der Waals surface area contributed by atoms with E-state index in [2.05, 4.69) is 10.1 Å². The molecule has 0 aromatic heterocycles. The number of nitrogens with one attached hydrogen (secondary N) is 1. The molecule has 19 heavy (non-hydrogen) atoms. The molecular formula is C13H13NO3S2. The molecule has 1 atom stereocenters. The summed E-state index contributed by atoms with van der Waals surface area (Å²) < 4.78 is 4.46. The van der Waals surface area contributed by atoms with Crippen molar-refractivity contribution in [2.45, 2.75) is 10.5 Å². The van der Waals surface area contributed by atoms with E-state index in [9.17, 15) is 9.59 Å². The van der Waals surface area contributed by atoms with Crippen LogP contribution < -0.4 is 5.32 Å². The van der Waals surface area contributed by atoms with Gasteiger partial charge in [-0.1, -0.05) is 42.1 Å². The Morgan fingerprint density at radius 3 is 2.84 bits per heavy atom. The molecule has 1 N–H and O–H groups in total. The van der Waals surface area contributed by atoms with Crippen molar-refractivity contribution in [3.8, 4) is 0 Å². The maximum atomic E-state index is 11.5. The molecule has 0 bridgehead atoms. The van der Waals surface area contributed by atoms with Crippen molar-refractivity contribution in [1.29, 1.82) is 0 Å². The number of esters is 1. The highest BCUT2D eigenvalue weighted by molar-refractivity contribution is 8.19. The van der Waals surface area contributed by atoms with Gasteiger partial charge in [0.2, 0.25) is 5.91 Å². The summed E-state index contributed by atoms with van der Waals surface area (Å²) in [4.78, 5) is 23.3. The van der Waals surface area contributed by atoms with Gasteiger partial charge in [-0.3, -0.25) is 4.79 Å². The molecule has 1 amide bonds. The number of carbonyl (C=O) groups is 2. The minimum Gasteiger partial charge on any atom is -0.465 e. The van der Waals surface area contributed by atoms with Crippen LogP contribution in [0.2, 0.25) is 0 Å². The minimum absolute atomic E-state index is 0.174. The van der Waals surface area contributed by atoms with Crippen LogP contribution >= 0.6 is 23.5 Å². The summed E-state index contributed by atoms with van der Waals surface area (Å²) in [5.74, 6) is 0.0441. The van der Waals surface area contributed by atoms with Gasteiger partial charge < -0.3 is 10.1 Å². The zero-order valence-corrected chi connectivity index (χ0v) is 11.9. The van der Waals surface area contributed by atoms with Crippen LogP contribution in [-0.4, -0.2) is 23.7 Å². The maximum absolute atomic E-state index is 11.5. The van der Waals surface area contributed by atoms with Crippen LogP contribution in [0.5, 0.6) is 0 Å². The van der Waals surface area contributed by atoms with E-state index < -0.39 is 5.97 Å². The van der Waals surface area contributed by atoms with Crippen molar-refractivity contribution in [3.05, 3.63) is 46.9 Å². The van der Waals surface area contributed by atoms with E-state index in [1.807, 2.05) is 30.3 Å². The van der Waals surface area contributed by atoms with Gasteiger partial charge in [0, 0.05) is 11.8 Å². The number of methoxy groups -OCH3 is 1. The number of hydrogen-bond donors (Lipinski definition) is 1. The quantitative estimate of drug-likeness (QED) is 0.862. The van der Waals surface area contributed by atoms with Crippen LogP contribution in [0, 0.1) is 0 Å². The number of amides is 1.